The first-order valence-electron chi connectivity index (χ1n) is 6.27. The van der Waals surface area contributed by atoms with Crippen LogP contribution >= 0.6 is 11.6 Å². The predicted molar refractivity (Wildman–Crippen MR) is 71.7 cm³/mol. The van der Waals surface area contributed by atoms with Crippen LogP contribution in [-0.2, 0) is 11.3 Å². The number of hydrogen-bond donors (Lipinski definition) is 1. The second-order valence-corrected chi connectivity index (χ2v) is 5.45. The standard InChI is InChI=1S/C14H18ClNO2/c1-10-7-12(14(17)18)5-6-16(10)9-11-3-2-4-13(15)8-11/h2-4,8,10,12H,5-7,9H2,1H3,(H,17,18). The summed E-state index contributed by atoms with van der Waals surface area (Å²) >= 11 is 5.97. The molecule has 2 atom stereocenters. The fourth-order valence-electron chi connectivity index (χ4n) is 2.55. The molecule has 3 nitrogen and oxygen atoms in total. The number of halogens is 1. The summed E-state index contributed by atoms with van der Waals surface area (Å²) in [6, 6.07) is 8.15. The summed E-state index contributed by atoms with van der Waals surface area (Å²) in [4.78, 5) is 13.3. The second kappa shape index (κ2) is 5.72. The molecule has 0 spiro atoms. The fraction of sp³-hybridized carbons (Fsp3) is 0.500. The number of carbonyl (C=O) groups is 1. The third-order valence-corrected chi connectivity index (χ3v) is 3.87. The summed E-state index contributed by atoms with van der Waals surface area (Å²) in [5.74, 6) is -0.847. The fourth-order valence-corrected chi connectivity index (χ4v) is 2.76. The molecular weight excluding hydrogens is 250 g/mol. The van der Waals surface area contributed by atoms with Crippen molar-refractivity contribution in [2.45, 2.75) is 32.4 Å². The molecular formula is C14H18ClNO2. The van der Waals surface area contributed by atoms with Crippen LogP contribution in [0, 0.1) is 5.92 Å². The summed E-state index contributed by atoms with van der Waals surface area (Å²) in [6.45, 7) is 3.78. The quantitative estimate of drug-likeness (QED) is 0.915. The zero-order chi connectivity index (χ0) is 13.1. The van der Waals surface area contributed by atoms with E-state index in [-0.39, 0.29) is 5.92 Å². The number of carboxylic acids is 1. The number of rotatable bonds is 3. The van der Waals surface area contributed by atoms with Crippen LogP contribution in [0.5, 0.6) is 0 Å². The van der Waals surface area contributed by atoms with Crippen molar-refractivity contribution in [3.63, 3.8) is 0 Å². The van der Waals surface area contributed by atoms with Crippen molar-refractivity contribution in [2.24, 2.45) is 5.92 Å². The molecule has 1 fully saturated rings. The zero-order valence-corrected chi connectivity index (χ0v) is 11.2. The zero-order valence-electron chi connectivity index (χ0n) is 10.5. The topological polar surface area (TPSA) is 40.5 Å². The molecule has 0 bridgehead atoms. The maximum Gasteiger partial charge on any atom is 0.306 e. The number of nitrogens with zero attached hydrogens (tertiary/aromatic N) is 1. The second-order valence-electron chi connectivity index (χ2n) is 5.01. The summed E-state index contributed by atoms with van der Waals surface area (Å²) in [6.07, 6.45) is 1.47. The van der Waals surface area contributed by atoms with Gasteiger partial charge in [-0.25, -0.2) is 0 Å². The lowest BCUT2D eigenvalue weighted by Gasteiger charge is -2.36. The van der Waals surface area contributed by atoms with E-state index in [4.69, 9.17) is 16.7 Å². The largest absolute Gasteiger partial charge is 0.481 e. The minimum atomic E-state index is -0.663. The molecule has 1 aromatic rings. The van der Waals surface area contributed by atoms with Crippen LogP contribution in [-0.4, -0.2) is 28.6 Å². The Labute approximate surface area is 112 Å². The lowest BCUT2D eigenvalue weighted by atomic mass is 9.91. The minimum absolute atomic E-state index is 0.185. The average Bonchev–Trinajstić information content (AvgIpc) is 2.31. The molecule has 0 saturated carbocycles. The molecule has 0 amide bonds. The Morgan fingerprint density at radius 2 is 2.33 bits per heavy atom. The van der Waals surface area contributed by atoms with Crippen LogP contribution in [0.1, 0.15) is 25.3 Å². The van der Waals surface area contributed by atoms with Crippen LogP contribution < -0.4 is 0 Å². The van der Waals surface area contributed by atoms with E-state index >= 15 is 0 Å². The molecule has 1 aliphatic rings. The molecule has 1 aromatic carbocycles. The molecule has 98 valence electrons. The number of carboxylic acid groups (broad SMARTS) is 1. The van der Waals surface area contributed by atoms with Crippen molar-refractivity contribution < 1.29 is 9.90 Å². The molecule has 4 heteroatoms. The summed E-state index contributed by atoms with van der Waals surface area (Å²) in [5.41, 5.74) is 1.18. The monoisotopic (exact) mass is 267 g/mol. The van der Waals surface area contributed by atoms with Crippen molar-refractivity contribution in [3.8, 4) is 0 Å². The van der Waals surface area contributed by atoms with Gasteiger partial charge in [0.2, 0.25) is 0 Å². The predicted octanol–water partition coefficient (Wildman–Crippen LogP) is 3.03. The van der Waals surface area contributed by atoms with E-state index in [1.54, 1.807) is 0 Å². The SMILES string of the molecule is CC1CC(C(=O)O)CCN1Cc1cccc(Cl)c1. The van der Waals surface area contributed by atoms with E-state index in [0.29, 0.717) is 6.04 Å². The van der Waals surface area contributed by atoms with Crippen molar-refractivity contribution >= 4 is 17.6 Å². The van der Waals surface area contributed by atoms with Crippen LogP contribution in [0.3, 0.4) is 0 Å². The summed E-state index contributed by atoms with van der Waals surface area (Å²) in [7, 11) is 0. The maximum atomic E-state index is 11.0. The Morgan fingerprint density at radius 3 is 2.94 bits per heavy atom. The minimum Gasteiger partial charge on any atom is -0.481 e. The third-order valence-electron chi connectivity index (χ3n) is 3.64. The van der Waals surface area contributed by atoms with Crippen LogP contribution in [0.4, 0.5) is 0 Å². The van der Waals surface area contributed by atoms with Gasteiger partial charge in [0.1, 0.15) is 0 Å². The van der Waals surface area contributed by atoms with E-state index in [2.05, 4.69) is 17.9 Å². The number of benzene rings is 1. The van der Waals surface area contributed by atoms with E-state index in [1.165, 1.54) is 5.56 Å². The van der Waals surface area contributed by atoms with Crippen LogP contribution in [0.15, 0.2) is 24.3 Å². The maximum absolute atomic E-state index is 11.0. The third kappa shape index (κ3) is 3.24. The first kappa shape index (κ1) is 13.4. The molecule has 1 saturated heterocycles. The number of aliphatic carboxylic acids is 1. The van der Waals surface area contributed by atoms with Gasteiger partial charge in [-0.2, -0.15) is 0 Å². The van der Waals surface area contributed by atoms with Crippen molar-refractivity contribution in [3.05, 3.63) is 34.9 Å². The van der Waals surface area contributed by atoms with Crippen molar-refractivity contribution in [2.75, 3.05) is 6.54 Å². The van der Waals surface area contributed by atoms with Crippen molar-refractivity contribution in [1.82, 2.24) is 4.90 Å². The van der Waals surface area contributed by atoms with E-state index in [1.807, 2.05) is 18.2 Å². The van der Waals surface area contributed by atoms with Gasteiger partial charge in [0, 0.05) is 17.6 Å². The normalized spacial score (nSPS) is 25.0. The van der Waals surface area contributed by atoms with Gasteiger partial charge in [-0.3, -0.25) is 9.69 Å². The molecule has 18 heavy (non-hydrogen) atoms. The lowest BCUT2D eigenvalue weighted by Crippen LogP contribution is -2.42. The summed E-state index contributed by atoms with van der Waals surface area (Å²) in [5, 5.41) is 9.78. The van der Waals surface area contributed by atoms with Gasteiger partial charge in [0.05, 0.1) is 5.92 Å². The Balaban J connectivity index is 1.97. The van der Waals surface area contributed by atoms with E-state index in [9.17, 15) is 4.79 Å². The van der Waals surface area contributed by atoms with Gasteiger partial charge in [0.15, 0.2) is 0 Å². The molecule has 1 N–H and O–H groups in total. The highest BCUT2D eigenvalue weighted by Gasteiger charge is 2.29. The van der Waals surface area contributed by atoms with Gasteiger partial charge in [-0.15, -0.1) is 0 Å². The molecule has 0 radical (unpaired) electrons. The molecule has 0 aliphatic carbocycles. The molecule has 1 aliphatic heterocycles. The number of likely N-dealkylation sites (tertiary alicyclic amines) is 1. The Morgan fingerprint density at radius 1 is 1.56 bits per heavy atom. The summed E-state index contributed by atoms with van der Waals surface area (Å²) < 4.78 is 0. The Hall–Kier alpha value is -1.06. The first-order chi connectivity index (χ1) is 8.56. The van der Waals surface area contributed by atoms with Crippen molar-refractivity contribution in [1.29, 1.82) is 0 Å². The van der Waals surface area contributed by atoms with Crippen LogP contribution in [0.25, 0.3) is 0 Å². The van der Waals surface area contributed by atoms with Gasteiger partial charge >= 0.3 is 5.97 Å². The van der Waals surface area contributed by atoms with Gasteiger partial charge in [-0.1, -0.05) is 23.7 Å². The van der Waals surface area contributed by atoms with E-state index < -0.39 is 5.97 Å². The number of piperidine rings is 1. The number of hydrogen-bond acceptors (Lipinski definition) is 2. The Kier molecular flexibility index (Phi) is 4.25. The molecule has 1 heterocycles. The van der Waals surface area contributed by atoms with Gasteiger partial charge < -0.3 is 5.11 Å². The molecule has 2 rings (SSSR count). The van der Waals surface area contributed by atoms with Gasteiger partial charge in [-0.05, 0) is 44.0 Å². The lowest BCUT2D eigenvalue weighted by molar-refractivity contribution is -0.144. The van der Waals surface area contributed by atoms with Gasteiger partial charge in [0.25, 0.3) is 0 Å². The Bertz CT molecular complexity index is 436. The first-order valence-corrected chi connectivity index (χ1v) is 6.65. The van der Waals surface area contributed by atoms with E-state index in [0.717, 1.165) is 31.0 Å². The average molecular weight is 268 g/mol. The smallest absolute Gasteiger partial charge is 0.306 e. The highest BCUT2D eigenvalue weighted by Crippen LogP contribution is 2.25. The molecule has 2 unspecified atom stereocenters. The molecule has 0 aromatic heterocycles. The highest BCUT2D eigenvalue weighted by atomic mass is 35.5. The highest BCUT2D eigenvalue weighted by molar-refractivity contribution is 6.30. The van der Waals surface area contributed by atoms with Crippen LogP contribution in [0.2, 0.25) is 5.02 Å².